The molecule has 1 heterocycles. The predicted molar refractivity (Wildman–Crippen MR) is 74.3 cm³/mol. The Balaban J connectivity index is 2.91. The fourth-order valence-corrected chi connectivity index (χ4v) is 2.15. The summed E-state index contributed by atoms with van der Waals surface area (Å²) >= 11 is 4.95. The Hall–Kier alpha value is -0.330. The molecule has 6 heteroatoms. The van der Waals surface area contributed by atoms with Gasteiger partial charge in [0.2, 0.25) is 0 Å². The average Bonchev–Trinajstić information content (AvgIpc) is 2.21. The SMILES string of the molecule is COCc1nc(CSC(C)(C)C)[nH]c(=O)c1Br. The number of hydrogen-bond acceptors (Lipinski definition) is 4. The van der Waals surface area contributed by atoms with Crippen molar-refractivity contribution in [2.24, 2.45) is 0 Å². The van der Waals surface area contributed by atoms with E-state index in [4.69, 9.17) is 4.74 Å². The third-order valence-corrected chi connectivity index (χ3v) is 4.01. The van der Waals surface area contributed by atoms with Crippen LogP contribution in [0.15, 0.2) is 9.27 Å². The minimum atomic E-state index is -0.156. The molecule has 1 rings (SSSR count). The molecule has 96 valence electrons. The van der Waals surface area contributed by atoms with E-state index in [-0.39, 0.29) is 10.3 Å². The summed E-state index contributed by atoms with van der Waals surface area (Å²) < 4.78 is 5.61. The first-order valence-electron chi connectivity index (χ1n) is 5.24. The van der Waals surface area contributed by atoms with Gasteiger partial charge >= 0.3 is 0 Å². The molecule has 0 aromatic carbocycles. The second-order valence-electron chi connectivity index (χ2n) is 4.61. The highest BCUT2D eigenvalue weighted by molar-refractivity contribution is 9.10. The Bertz CT molecular complexity index is 440. The van der Waals surface area contributed by atoms with Gasteiger partial charge in [-0.05, 0) is 15.9 Å². The van der Waals surface area contributed by atoms with Crippen LogP contribution in [-0.4, -0.2) is 21.8 Å². The lowest BCUT2D eigenvalue weighted by Crippen LogP contribution is -2.17. The van der Waals surface area contributed by atoms with Gasteiger partial charge < -0.3 is 9.72 Å². The molecule has 0 bridgehead atoms. The van der Waals surface area contributed by atoms with Crippen molar-refractivity contribution in [3.63, 3.8) is 0 Å². The van der Waals surface area contributed by atoms with E-state index in [1.54, 1.807) is 18.9 Å². The van der Waals surface area contributed by atoms with Crippen LogP contribution in [0.1, 0.15) is 32.3 Å². The Morgan fingerprint density at radius 1 is 1.47 bits per heavy atom. The van der Waals surface area contributed by atoms with Gasteiger partial charge in [-0.2, -0.15) is 0 Å². The number of H-pyrrole nitrogens is 1. The largest absolute Gasteiger partial charge is 0.378 e. The zero-order valence-electron chi connectivity index (χ0n) is 10.5. The Labute approximate surface area is 114 Å². The molecule has 1 aromatic rings. The molecule has 0 amide bonds. The van der Waals surface area contributed by atoms with Gasteiger partial charge in [0.05, 0.1) is 18.1 Å². The molecule has 0 aliphatic rings. The number of thioether (sulfide) groups is 1. The molecular formula is C11H17BrN2O2S. The van der Waals surface area contributed by atoms with Gasteiger partial charge in [-0.3, -0.25) is 4.79 Å². The topological polar surface area (TPSA) is 55.0 Å². The molecule has 0 atom stereocenters. The molecule has 0 spiro atoms. The monoisotopic (exact) mass is 320 g/mol. The number of methoxy groups -OCH3 is 1. The van der Waals surface area contributed by atoms with Crippen molar-refractivity contribution < 1.29 is 4.74 Å². The third kappa shape index (κ3) is 4.81. The zero-order valence-corrected chi connectivity index (χ0v) is 12.9. The smallest absolute Gasteiger partial charge is 0.265 e. The highest BCUT2D eigenvalue weighted by Crippen LogP contribution is 2.26. The minimum Gasteiger partial charge on any atom is -0.378 e. The van der Waals surface area contributed by atoms with Crippen molar-refractivity contribution in [2.75, 3.05) is 7.11 Å². The number of rotatable bonds is 4. The van der Waals surface area contributed by atoms with Crippen LogP contribution in [0.2, 0.25) is 0 Å². The highest BCUT2D eigenvalue weighted by atomic mass is 79.9. The van der Waals surface area contributed by atoms with E-state index in [9.17, 15) is 4.79 Å². The number of halogens is 1. The molecule has 0 saturated carbocycles. The molecule has 0 fully saturated rings. The van der Waals surface area contributed by atoms with E-state index >= 15 is 0 Å². The summed E-state index contributed by atoms with van der Waals surface area (Å²) in [5.74, 6) is 1.37. The van der Waals surface area contributed by atoms with Crippen LogP contribution in [-0.2, 0) is 17.1 Å². The van der Waals surface area contributed by atoms with E-state index in [1.807, 2.05) is 0 Å². The maximum Gasteiger partial charge on any atom is 0.265 e. The van der Waals surface area contributed by atoms with E-state index in [1.165, 1.54) is 0 Å². The molecule has 0 unspecified atom stereocenters. The number of aromatic nitrogens is 2. The van der Waals surface area contributed by atoms with Gasteiger partial charge in [0.25, 0.3) is 5.56 Å². The molecule has 1 N–H and O–H groups in total. The zero-order chi connectivity index (χ0) is 13.1. The maximum absolute atomic E-state index is 11.7. The van der Waals surface area contributed by atoms with E-state index in [0.29, 0.717) is 28.4 Å². The predicted octanol–water partition coefficient (Wildman–Crippen LogP) is 2.71. The molecule has 0 radical (unpaired) electrons. The first-order valence-corrected chi connectivity index (χ1v) is 7.02. The molecule has 0 aliphatic heterocycles. The van der Waals surface area contributed by atoms with E-state index < -0.39 is 0 Å². The van der Waals surface area contributed by atoms with Crippen LogP contribution in [0.4, 0.5) is 0 Å². The molecule has 17 heavy (non-hydrogen) atoms. The van der Waals surface area contributed by atoms with Gasteiger partial charge in [-0.1, -0.05) is 20.8 Å². The molecular weight excluding hydrogens is 304 g/mol. The lowest BCUT2D eigenvalue weighted by Gasteiger charge is -2.17. The summed E-state index contributed by atoms with van der Waals surface area (Å²) in [4.78, 5) is 18.8. The summed E-state index contributed by atoms with van der Waals surface area (Å²) in [5.41, 5.74) is 0.484. The van der Waals surface area contributed by atoms with Crippen LogP contribution < -0.4 is 5.56 Å². The van der Waals surface area contributed by atoms with Crippen LogP contribution in [0.25, 0.3) is 0 Å². The third-order valence-electron chi connectivity index (χ3n) is 1.90. The highest BCUT2D eigenvalue weighted by Gasteiger charge is 2.13. The number of nitrogens with zero attached hydrogens (tertiary/aromatic N) is 1. The molecule has 0 aliphatic carbocycles. The van der Waals surface area contributed by atoms with Crippen LogP contribution in [0.3, 0.4) is 0 Å². The Morgan fingerprint density at radius 2 is 2.12 bits per heavy atom. The maximum atomic E-state index is 11.7. The van der Waals surface area contributed by atoms with Gasteiger partial charge in [-0.15, -0.1) is 11.8 Å². The second kappa shape index (κ2) is 6.02. The summed E-state index contributed by atoms with van der Waals surface area (Å²) in [6.45, 7) is 6.72. The van der Waals surface area contributed by atoms with Gasteiger partial charge in [0.15, 0.2) is 0 Å². The number of nitrogens with one attached hydrogen (secondary N) is 1. The Kier molecular flexibility index (Phi) is 5.22. The van der Waals surface area contributed by atoms with Gasteiger partial charge in [-0.25, -0.2) is 4.98 Å². The number of hydrogen-bond donors (Lipinski definition) is 1. The van der Waals surface area contributed by atoms with Crippen LogP contribution in [0, 0.1) is 0 Å². The van der Waals surface area contributed by atoms with Gasteiger partial charge in [0.1, 0.15) is 10.3 Å². The van der Waals surface area contributed by atoms with Crippen molar-refractivity contribution in [3.05, 3.63) is 26.3 Å². The minimum absolute atomic E-state index is 0.146. The van der Waals surface area contributed by atoms with Crippen molar-refractivity contribution in [1.82, 2.24) is 9.97 Å². The standard InChI is InChI=1S/C11H17BrN2O2S/c1-11(2,3)17-6-8-13-7(5-16-4)9(12)10(15)14-8/h5-6H2,1-4H3,(H,13,14,15). The van der Waals surface area contributed by atoms with E-state index in [0.717, 1.165) is 0 Å². The molecule has 1 aromatic heterocycles. The summed E-state index contributed by atoms with van der Waals surface area (Å²) in [5, 5.41) is 0. The Morgan fingerprint density at radius 3 is 2.65 bits per heavy atom. The van der Waals surface area contributed by atoms with Crippen molar-refractivity contribution in [2.45, 2.75) is 37.9 Å². The molecule has 4 nitrogen and oxygen atoms in total. The van der Waals surface area contributed by atoms with Crippen molar-refractivity contribution >= 4 is 27.7 Å². The van der Waals surface area contributed by atoms with Gasteiger partial charge in [0, 0.05) is 11.9 Å². The average molecular weight is 321 g/mol. The lowest BCUT2D eigenvalue weighted by molar-refractivity contribution is 0.180. The van der Waals surface area contributed by atoms with Crippen LogP contribution in [0.5, 0.6) is 0 Å². The number of ether oxygens (including phenoxy) is 1. The van der Waals surface area contributed by atoms with Crippen molar-refractivity contribution in [1.29, 1.82) is 0 Å². The summed E-state index contributed by atoms with van der Waals surface area (Å²) in [6, 6.07) is 0. The summed E-state index contributed by atoms with van der Waals surface area (Å²) in [6.07, 6.45) is 0. The van der Waals surface area contributed by atoms with Crippen LogP contribution >= 0.6 is 27.7 Å². The fourth-order valence-electron chi connectivity index (χ4n) is 1.14. The first kappa shape index (κ1) is 14.7. The summed E-state index contributed by atoms with van der Waals surface area (Å²) in [7, 11) is 1.58. The fraction of sp³-hybridized carbons (Fsp3) is 0.636. The first-order chi connectivity index (χ1) is 7.83. The van der Waals surface area contributed by atoms with E-state index in [2.05, 4.69) is 46.7 Å². The second-order valence-corrected chi connectivity index (χ2v) is 7.20. The van der Waals surface area contributed by atoms with Crippen molar-refractivity contribution in [3.8, 4) is 0 Å². The quantitative estimate of drug-likeness (QED) is 0.926. The normalized spacial score (nSPS) is 11.8. The molecule has 0 saturated heterocycles. The number of aromatic amines is 1. The lowest BCUT2D eigenvalue weighted by atomic mass is 10.3.